The van der Waals surface area contributed by atoms with Crippen LogP contribution in [0, 0.1) is 11.3 Å². The van der Waals surface area contributed by atoms with Crippen LogP contribution >= 0.6 is 0 Å². The smallest absolute Gasteiger partial charge is 0.230 e. The van der Waals surface area contributed by atoms with Gasteiger partial charge in [-0.25, -0.2) is 9.13 Å². The first-order valence-corrected chi connectivity index (χ1v) is 6.70. The van der Waals surface area contributed by atoms with Crippen molar-refractivity contribution in [3.8, 4) is 6.07 Å². The van der Waals surface area contributed by atoms with Gasteiger partial charge in [0, 0.05) is 6.42 Å². The second kappa shape index (κ2) is 5.68. The third kappa shape index (κ3) is 2.24. The number of aromatic nitrogens is 2. The molecule has 0 bridgehead atoms. The van der Waals surface area contributed by atoms with E-state index >= 15 is 0 Å². The van der Waals surface area contributed by atoms with Crippen molar-refractivity contribution >= 4 is 11.0 Å². The average Bonchev–Trinajstić information content (AvgIpc) is 2.76. The summed E-state index contributed by atoms with van der Waals surface area (Å²) < 4.78 is 4.36. The molecule has 0 saturated carbocycles. The van der Waals surface area contributed by atoms with E-state index in [1.807, 2.05) is 6.07 Å². The average molecular weight is 242 g/mol. The van der Waals surface area contributed by atoms with Crippen LogP contribution in [0.25, 0.3) is 11.0 Å². The molecule has 3 nitrogen and oxygen atoms in total. The Labute approximate surface area is 108 Å². The first-order chi connectivity index (χ1) is 8.81. The summed E-state index contributed by atoms with van der Waals surface area (Å²) in [5.41, 5.74) is 2.38. The molecule has 94 valence electrons. The predicted octanol–water partition coefficient (Wildman–Crippen LogP) is 3.20. The van der Waals surface area contributed by atoms with Crippen molar-refractivity contribution in [2.75, 3.05) is 0 Å². The molecule has 2 rings (SSSR count). The van der Waals surface area contributed by atoms with E-state index in [0.29, 0.717) is 0 Å². The number of hydrogen-bond acceptors (Lipinski definition) is 1. The maximum atomic E-state index is 9.33. The lowest BCUT2D eigenvalue weighted by atomic mass is 10.2. The van der Waals surface area contributed by atoms with Gasteiger partial charge in [0.2, 0.25) is 6.33 Å². The fourth-order valence-electron chi connectivity index (χ4n) is 2.41. The van der Waals surface area contributed by atoms with Gasteiger partial charge in [-0.2, -0.15) is 5.26 Å². The largest absolute Gasteiger partial charge is 0.245 e. The zero-order valence-electron chi connectivity index (χ0n) is 11.1. The number of nitrogens with zero attached hydrogens (tertiary/aromatic N) is 3. The Bertz CT molecular complexity index is 563. The molecule has 0 fully saturated rings. The van der Waals surface area contributed by atoms with Crippen molar-refractivity contribution in [2.45, 2.75) is 45.7 Å². The van der Waals surface area contributed by atoms with Crippen LogP contribution in [0.5, 0.6) is 0 Å². The minimum Gasteiger partial charge on any atom is -0.230 e. The van der Waals surface area contributed by atoms with Gasteiger partial charge in [-0.3, -0.25) is 0 Å². The molecule has 0 aliphatic rings. The topological polar surface area (TPSA) is 32.6 Å². The van der Waals surface area contributed by atoms with Crippen LogP contribution in [-0.2, 0) is 6.54 Å². The van der Waals surface area contributed by atoms with Crippen molar-refractivity contribution in [1.82, 2.24) is 4.57 Å². The minimum atomic E-state index is -0.0574. The Kier molecular flexibility index (Phi) is 3.99. The highest BCUT2D eigenvalue weighted by molar-refractivity contribution is 5.71. The van der Waals surface area contributed by atoms with E-state index in [1.165, 1.54) is 5.52 Å². The maximum Gasteiger partial charge on any atom is 0.245 e. The molecule has 1 aromatic carbocycles. The maximum absolute atomic E-state index is 9.33. The lowest BCUT2D eigenvalue weighted by Crippen LogP contribution is -2.31. The van der Waals surface area contributed by atoms with Crippen LogP contribution in [0.3, 0.4) is 0 Å². The molecule has 0 radical (unpaired) electrons. The van der Waals surface area contributed by atoms with Crippen LogP contribution in [0.4, 0.5) is 0 Å². The van der Waals surface area contributed by atoms with Gasteiger partial charge in [-0.05, 0) is 18.6 Å². The first-order valence-electron chi connectivity index (χ1n) is 6.70. The van der Waals surface area contributed by atoms with E-state index < -0.39 is 0 Å². The second-order valence-electron chi connectivity index (χ2n) is 4.64. The number of para-hydroxylation sites is 2. The summed E-state index contributed by atoms with van der Waals surface area (Å²) in [6, 6.07) is 10.7. The number of rotatable bonds is 5. The molecular weight excluding hydrogens is 222 g/mol. The van der Waals surface area contributed by atoms with Crippen LogP contribution in [0.15, 0.2) is 30.6 Å². The van der Waals surface area contributed by atoms with Crippen molar-refractivity contribution in [3.63, 3.8) is 0 Å². The molecule has 18 heavy (non-hydrogen) atoms. The first kappa shape index (κ1) is 12.6. The van der Waals surface area contributed by atoms with E-state index in [2.05, 4.69) is 53.6 Å². The fraction of sp³-hybridized carbons (Fsp3) is 0.467. The summed E-state index contributed by atoms with van der Waals surface area (Å²) in [6.45, 7) is 5.29. The van der Waals surface area contributed by atoms with Gasteiger partial charge >= 0.3 is 0 Å². The molecule has 1 unspecified atom stereocenters. The third-order valence-corrected chi connectivity index (χ3v) is 3.24. The van der Waals surface area contributed by atoms with Crippen LogP contribution in [0.1, 0.15) is 39.2 Å². The highest BCUT2D eigenvalue weighted by atomic mass is 15.1. The molecule has 1 atom stereocenters. The van der Waals surface area contributed by atoms with Crippen molar-refractivity contribution < 1.29 is 4.57 Å². The van der Waals surface area contributed by atoms with E-state index in [0.717, 1.165) is 31.3 Å². The highest BCUT2D eigenvalue weighted by Gasteiger charge is 2.21. The van der Waals surface area contributed by atoms with Crippen molar-refractivity contribution in [2.24, 2.45) is 0 Å². The van der Waals surface area contributed by atoms with E-state index in [4.69, 9.17) is 0 Å². The van der Waals surface area contributed by atoms with Gasteiger partial charge in [-0.1, -0.05) is 32.4 Å². The Morgan fingerprint density at radius 2 is 2.06 bits per heavy atom. The van der Waals surface area contributed by atoms with Gasteiger partial charge in [0.05, 0.1) is 6.54 Å². The Morgan fingerprint density at radius 1 is 1.28 bits per heavy atom. The zero-order valence-corrected chi connectivity index (χ0v) is 11.1. The number of nitriles is 1. The molecular formula is C15H20N3+. The monoisotopic (exact) mass is 242 g/mol. The summed E-state index contributed by atoms with van der Waals surface area (Å²) in [5, 5.41) is 9.33. The van der Waals surface area contributed by atoms with Gasteiger partial charge < -0.3 is 0 Å². The Balaban J connectivity index is 2.53. The molecule has 1 heterocycles. The van der Waals surface area contributed by atoms with Crippen LogP contribution in [-0.4, -0.2) is 4.57 Å². The summed E-state index contributed by atoms with van der Waals surface area (Å²) >= 11 is 0. The highest BCUT2D eigenvalue weighted by Crippen LogP contribution is 2.19. The predicted molar refractivity (Wildman–Crippen MR) is 72.0 cm³/mol. The number of fused-ring (bicyclic) bond motifs is 1. The van der Waals surface area contributed by atoms with Crippen molar-refractivity contribution in [1.29, 1.82) is 5.26 Å². The number of aryl methyl sites for hydroxylation is 1. The van der Waals surface area contributed by atoms with E-state index in [-0.39, 0.29) is 6.04 Å². The van der Waals surface area contributed by atoms with E-state index in [9.17, 15) is 5.26 Å². The lowest BCUT2D eigenvalue weighted by molar-refractivity contribution is -0.672. The van der Waals surface area contributed by atoms with Gasteiger partial charge in [0.1, 0.15) is 6.07 Å². The lowest BCUT2D eigenvalue weighted by Gasteiger charge is -2.03. The molecule has 0 amide bonds. The molecule has 0 spiro atoms. The molecule has 0 N–H and O–H groups in total. The third-order valence-electron chi connectivity index (χ3n) is 3.24. The summed E-state index contributed by atoms with van der Waals surface area (Å²) in [5.74, 6) is 0. The molecule has 1 aromatic heterocycles. The van der Waals surface area contributed by atoms with Gasteiger partial charge in [-0.15, -0.1) is 0 Å². The zero-order chi connectivity index (χ0) is 13.0. The summed E-state index contributed by atoms with van der Waals surface area (Å²) in [6.07, 6.45) is 5.13. The van der Waals surface area contributed by atoms with Crippen LogP contribution < -0.4 is 4.57 Å². The SMILES string of the molecule is CCCC(C#N)n1c[n+](CCC)c2ccccc21. The minimum absolute atomic E-state index is 0.0574. The fourth-order valence-corrected chi connectivity index (χ4v) is 2.41. The molecule has 0 saturated heterocycles. The number of hydrogen-bond donors (Lipinski definition) is 0. The van der Waals surface area contributed by atoms with Gasteiger partial charge in [0.15, 0.2) is 17.1 Å². The molecule has 2 aromatic rings. The Hall–Kier alpha value is -1.82. The van der Waals surface area contributed by atoms with E-state index in [1.54, 1.807) is 0 Å². The Morgan fingerprint density at radius 3 is 2.72 bits per heavy atom. The number of benzene rings is 1. The second-order valence-corrected chi connectivity index (χ2v) is 4.64. The molecule has 0 aliphatic heterocycles. The quantitative estimate of drug-likeness (QED) is 0.741. The summed E-state index contributed by atoms with van der Waals surface area (Å²) in [7, 11) is 0. The summed E-state index contributed by atoms with van der Waals surface area (Å²) in [4.78, 5) is 0. The standard InChI is InChI=1S/C15H20N3/c1-3-7-13(11-16)18-12-17(10-4-2)14-8-5-6-9-15(14)18/h5-6,8-9,12-13H,3-4,7,10H2,1-2H3/q+1. The van der Waals surface area contributed by atoms with Crippen molar-refractivity contribution in [3.05, 3.63) is 30.6 Å². The molecule has 0 aliphatic carbocycles. The van der Waals surface area contributed by atoms with Gasteiger partial charge in [0.25, 0.3) is 0 Å². The number of imidazole rings is 1. The normalized spacial score (nSPS) is 12.5. The molecule has 3 heteroatoms. The van der Waals surface area contributed by atoms with Crippen LogP contribution in [0.2, 0.25) is 0 Å².